The quantitative estimate of drug-likeness (QED) is 0.727. The van der Waals surface area contributed by atoms with Crippen LogP contribution < -0.4 is 10.6 Å². The summed E-state index contributed by atoms with van der Waals surface area (Å²) < 4.78 is 0. The first-order valence-electron chi connectivity index (χ1n) is 8.17. The van der Waals surface area contributed by atoms with Crippen molar-refractivity contribution in [3.05, 3.63) is 59.7 Å². The van der Waals surface area contributed by atoms with E-state index in [1.54, 1.807) is 12.3 Å². The number of aliphatic hydroxyl groups excluding tert-OH is 1. The maximum atomic E-state index is 10.2. The first kappa shape index (κ1) is 16.4. The van der Waals surface area contributed by atoms with Crippen molar-refractivity contribution < 1.29 is 5.11 Å². The summed E-state index contributed by atoms with van der Waals surface area (Å²) in [5.74, 6) is 0.263. The molecule has 3 atom stereocenters. The van der Waals surface area contributed by atoms with E-state index in [1.807, 2.05) is 30.4 Å². The smallest absolute Gasteiger partial charge is 0.124 e. The van der Waals surface area contributed by atoms with Crippen LogP contribution in [0.25, 0.3) is 5.57 Å². The Kier molecular flexibility index (Phi) is 5.60. The highest BCUT2D eigenvalue weighted by atomic mass is 31.0. The second-order valence-corrected chi connectivity index (χ2v) is 6.84. The predicted octanol–water partition coefficient (Wildman–Crippen LogP) is 2.56. The summed E-state index contributed by atoms with van der Waals surface area (Å²) in [6.45, 7) is 2.94. The van der Waals surface area contributed by atoms with Gasteiger partial charge in [-0.05, 0) is 43.2 Å². The zero-order chi connectivity index (χ0) is 16.1. The lowest BCUT2D eigenvalue weighted by Crippen LogP contribution is -2.33. The van der Waals surface area contributed by atoms with E-state index in [-0.39, 0.29) is 11.4 Å². The Labute approximate surface area is 140 Å². The molecule has 0 saturated carbocycles. The average Bonchev–Trinajstić information content (AvgIpc) is 3.01. The zero-order valence-corrected chi connectivity index (χ0v) is 14.4. The molecule has 4 nitrogen and oxygen atoms in total. The minimum Gasteiger partial charge on any atom is -0.507 e. The maximum Gasteiger partial charge on any atom is 0.124 e. The molecule has 1 saturated heterocycles. The number of aliphatic hydroxyl groups is 1. The van der Waals surface area contributed by atoms with Gasteiger partial charge in [0, 0.05) is 36.6 Å². The van der Waals surface area contributed by atoms with Crippen molar-refractivity contribution in [3.8, 4) is 0 Å². The van der Waals surface area contributed by atoms with Gasteiger partial charge in [0.25, 0.3) is 0 Å². The molecule has 5 heteroatoms. The largest absolute Gasteiger partial charge is 0.507 e. The van der Waals surface area contributed by atoms with Crippen LogP contribution in [-0.4, -0.2) is 34.9 Å². The van der Waals surface area contributed by atoms with Gasteiger partial charge < -0.3 is 15.7 Å². The number of hydrogen-bond donors (Lipinski definition) is 3. The molecule has 23 heavy (non-hydrogen) atoms. The molecule has 3 rings (SSSR count). The molecule has 1 aromatic rings. The summed E-state index contributed by atoms with van der Waals surface area (Å²) in [5, 5.41) is 17.2. The number of hydrogen-bond acceptors (Lipinski definition) is 4. The van der Waals surface area contributed by atoms with Crippen molar-refractivity contribution in [3.63, 3.8) is 0 Å². The first-order valence-corrected chi connectivity index (χ1v) is 8.83. The highest BCUT2D eigenvalue weighted by Gasteiger charge is 2.13. The Hall–Kier alpha value is -1.48. The van der Waals surface area contributed by atoms with Crippen LogP contribution in [-0.2, 0) is 6.54 Å². The zero-order valence-electron chi connectivity index (χ0n) is 13.2. The lowest BCUT2D eigenvalue weighted by molar-refractivity contribution is 0.435. The molecule has 1 aliphatic carbocycles. The van der Waals surface area contributed by atoms with E-state index < -0.39 is 0 Å². The second kappa shape index (κ2) is 7.87. The second-order valence-electron chi connectivity index (χ2n) is 6.07. The van der Waals surface area contributed by atoms with Gasteiger partial charge in [0.05, 0.1) is 5.69 Å². The van der Waals surface area contributed by atoms with E-state index >= 15 is 0 Å². The van der Waals surface area contributed by atoms with Crippen LogP contribution in [0.5, 0.6) is 0 Å². The molecule has 1 aliphatic heterocycles. The number of nitrogens with zero attached hydrogens (tertiary/aromatic N) is 1. The molecule has 3 N–H and O–H groups in total. The summed E-state index contributed by atoms with van der Waals surface area (Å²) in [6.07, 6.45) is 12.0. The molecule has 2 heterocycles. The topological polar surface area (TPSA) is 57.2 Å². The van der Waals surface area contributed by atoms with Gasteiger partial charge in [-0.2, -0.15) is 0 Å². The lowest BCUT2D eigenvalue weighted by Gasteiger charge is -2.12. The Bertz CT molecular complexity index is 633. The van der Waals surface area contributed by atoms with E-state index in [1.165, 1.54) is 18.4 Å². The minimum absolute atomic E-state index is 0.235. The van der Waals surface area contributed by atoms with Gasteiger partial charge in [-0.3, -0.25) is 4.98 Å². The van der Waals surface area contributed by atoms with Crippen LogP contribution in [0.2, 0.25) is 0 Å². The average molecular weight is 329 g/mol. The summed E-state index contributed by atoms with van der Waals surface area (Å²) in [6, 6.07) is 4.66. The summed E-state index contributed by atoms with van der Waals surface area (Å²) in [5.41, 5.74) is 2.99. The van der Waals surface area contributed by atoms with Gasteiger partial charge in [-0.25, -0.2) is 0 Å². The van der Waals surface area contributed by atoms with E-state index in [0.29, 0.717) is 6.04 Å². The molecule has 2 aliphatic rings. The lowest BCUT2D eigenvalue weighted by atomic mass is 10.1. The third-order valence-corrected chi connectivity index (χ3v) is 4.66. The van der Waals surface area contributed by atoms with Gasteiger partial charge in [0.2, 0.25) is 0 Å². The van der Waals surface area contributed by atoms with E-state index in [4.69, 9.17) is 0 Å². The van der Waals surface area contributed by atoms with Crippen molar-refractivity contribution in [2.24, 2.45) is 0 Å². The maximum absolute atomic E-state index is 10.2. The molecule has 0 bridgehead atoms. The van der Waals surface area contributed by atoms with Gasteiger partial charge in [0.1, 0.15) is 5.76 Å². The SMILES string of the molecule is OC1=C(c2cc(CNCC3CCCN3)ccn2)C=CC(P)C=C1. The normalized spacial score (nSPS) is 24.2. The van der Waals surface area contributed by atoms with E-state index in [0.717, 1.165) is 30.9 Å². The van der Waals surface area contributed by atoms with Crippen molar-refractivity contribution in [2.45, 2.75) is 31.1 Å². The van der Waals surface area contributed by atoms with Crippen molar-refractivity contribution in [2.75, 3.05) is 13.1 Å². The predicted molar refractivity (Wildman–Crippen MR) is 98.3 cm³/mol. The minimum atomic E-state index is 0.235. The van der Waals surface area contributed by atoms with Gasteiger partial charge in [0.15, 0.2) is 0 Å². The number of pyridine rings is 1. The third-order valence-electron chi connectivity index (χ3n) is 4.22. The monoisotopic (exact) mass is 329 g/mol. The van der Waals surface area contributed by atoms with Crippen LogP contribution in [0.1, 0.15) is 24.1 Å². The fraction of sp³-hybridized carbons (Fsp3) is 0.389. The fourth-order valence-electron chi connectivity index (χ4n) is 2.92. The first-order chi connectivity index (χ1) is 11.2. The Morgan fingerprint density at radius 2 is 2.22 bits per heavy atom. The summed E-state index contributed by atoms with van der Waals surface area (Å²) in [7, 11) is 2.72. The van der Waals surface area contributed by atoms with E-state index in [9.17, 15) is 5.11 Å². The highest BCUT2D eigenvalue weighted by molar-refractivity contribution is 7.18. The van der Waals surface area contributed by atoms with Crippen LogP contribution >= 0.6 is 9.24 Å². The molecule has 0 radical (unpaired) electrons. The molecule has 1 aromatic heterocycles. The van der Waals surface area contributed by atoms with Crippen molar-refractivity contribution in [1.29, 1.82) is 0 Å². The molecular weight excluding hydrogens is 305 g/mol. The van der Waals surface area contributed by atoms with E-state index in [2.05, 4.69) is 24.9 Å². The molecule has 1 fully saturated rings. The Balaban J connectivity index is 1.67. The van der Waals surface area contributed by atoms with Crippen LogP contribution in [0, 0.1) is 0 Å². The molecule has 0 amide bonds. The standard InChI is InChI=1S/C18H24N3OP/c22-18-6-4-15(23)3-5-16(18)17-10-13(7-9-21-17)11-19-12-14-2-1-8-20-14/h3-7,9-10,14-15,19-20,22H,1-2,8,11-12,23H2. The van der Waals surface area contributed by atoms with Gasteiger partial charge in [-0.1, -0.05) is 18.2 Å². The molecular formula is C18H24N3OP. The molecule has 3 unspecified atom stereocenters. The number of aromatic nitrogens is 1. The molecule has 122 valence electrons. The van der Waals surface area contributed by atoms with Crippen LogP contribution in [0.15, 0.2) is 48.4 Å². The van der Waals surface area contributed by atoms with Crippen molar-refractivity contribution in [1.82, 2.24) is 15.6 Å². The fourth-order valence-corrected chi connectivity index (χ4v) is 3.14. The van der Waals surface area contributed by atoms with Crippen LogP contribution in [0.4, 0.5) is 0 Å². The van der Waals surface area contributed by atoms with Crippen molar-refractivity contribution >= 4 is 14.8 Å². The highest BCUT2D eigenvalue weighted by Crippen LogP contribution is 2.23. The number of rotatable bonds is 5. The third kappa shape index (κ3) is 4.51. The van der Waals surface area contributed by atoms with Gasteiger partial charge in [-0.15, -0.1) is 9.24 Å². The molecule has 0 spiro atoms. The molecule has 0 aromatic carbocycles. The van der Waals surface area contributed by atoms with Crippen LogP contribution in [0.3, 0.4) is 0 Å². The van der Waals surface area contributed by atoms with Gasteiger partial charge >= 0.3 is 0 Å². The Morgan fingerprint density at radius 1 is 1.35 bits per heavy atom. The number of nitrogens with one attached hydrogen (secondary N) is 2. The Morgan fingerprint density at radius 3 is 3.04 bits per heavy atom. The number of allylic oxidation sites excluding steroid dienone is 5. The summed E-state index contributed by atoms with van der Waals surface area (Å²) >= 11 is 0. The summed E-state index contributed by atoms with van der Waals surface area (Å²) in [4.78, 5) is 4.42.